The molecule has 0 saturated carbocycles. The van der Waals surface area contributed by atoms with Crippen LogP contribution < -0.4 is 14.5 Å². The van der Waals surface area contributed by atoms with Gasteiger partial charge in [0.1, 0.15) is 0 Å². The Morgan fingerprint density at radius 2 is 1.56 bits per heavy atom. The molecule has 2 rings (SSSR count). The van der Waals surface area contributed by atoms with Gasteiger partial charge in [-0.3, -0.25) is 9.10 Å². The first kappa shape index (κ1) is 20.8. The third-order valence-electron chi connectivity index (χ3n) is 4.18. The van der Waals surface area contributed by atoms with Crippen LogP contribution in [-0.2, 0) is 21.2 Å². The normalized spacial score (nSPS) is 11.1. The first-order valence-electron chi connectivity index (χ1n) is 8.83. The van der Waals surface area contributed by atoms with E-state index in [2.05, 4.69) is 5.32 Å². The van der Waals surface area contributed by atoms with Crippen LogP contribution in [0.4, 0.5) is 11.4 Å². The van der Waals surface area contributed by atoms with E-state index in [0.717, 1.165) is 11.3 Å². The first-order valence-corrected chi connectivity index (χ1v) is 10.7. The summed E-state index contributed by atoms with van der Waals surface area (Å²) >= 11 is 0. The van der Waals surface area contributed by atoms with E-state index in [-0.39, 0.29) is 19.0 Å². The van der Waals surface area contributed by atoms with Crippen molar-refractivity contribution in [2.75, 3.05) is 42.6 Å². The molecule has 146 valence electrons. The lowest BCUT2D eigenvalue weighted by molar-refractivity contribution is -0.120. The SMILES string of the molecule is CN(C)c1ccc(N(CCNC(=O)CCc2ccccc2)S(C)(=O)=O)cc1. The third kappa shape index (κ3) is 6.60. The Hall–Kier alpha value is -2.54. The smallest absolute Gasteiger partial charge is 0.232 e. The first-order chi connectivity index (χ1) is 12.8. The van der Waals surface area contributed by atoms with Crippen LogP contribution >= 0.6 is 0 Å². The molecule has 6 nitrogen and oxygen atoms in total. The summed E-state index contributed by atoms with van der Waals surface area (Å²) in [6, 6.07) is 17.1. The fraction of sp³-hybridized carbons (Fsp3) is 0.350. The topological polar surface area (TPSA) is 69.7 Å². The number of hydrogen-bond acceptors (Lipinski definition) is 4. The molecular weight excluding hydrogens is 362 g/mol. The zero-order valence-electron chi connectivity index (χ0n) is 16.1. The lowest BCUT2D eigenvalue weighted by atomic mass is 10.1. The minimum atomic E-state index is -3.44. The average molecular weight is 390 g/mol. The number of sulfonamides is 1. The minimum absolute atomic E-state index is 0.0877. The summed E-state index contributed by atoms with van der Waals surface area (Å²) in [5, 5.41) is 2.80. The standard InChI is InChI=1S/C20H27N3O3S/c1-22(2)18-10-12-19(13-11-18)23(27(3,25)26)16-15-21-20(24)14-9-17-7-5-4-6-8-17/h4-8,10-13H,9,14-16H2,1-3H3,(H,21,24). The van der Waals surface area contributed by atoms with Gasteiger partial charge in [-0.15, -0.1) is 0 Å². The zero-order chi connectivity index (χ0) is 19.9. The highest BCUT2D eigenvalue weighted by Gasteiger charge is 2.17. The highest BCUT2D eigenvalue weighted by atomic mass is 32.2. The molecule has 0 fully saturated rings. The van der Waals surface area contributed by atoms with Crippen LogP contribution in [0.1, 0.15) is 12.0 Å². The third-order valence-corrected chi connectivity index (χ3v) is 5.37. The van der Waals surface area contributed by atoms with Crippen molar-refractivity contribution in [3.8, 4) is 0 Å². The molecule has 0 unspecified atom stereocenters. The van der Waals surface area contributed by atoms with E-state index >= 15 is 0 Å². The Bertz CT molecular complexity index is 835. The second kappa shape index (κ2) is 9.41. The molecule has 0 atom stereocenters. The van der Waals surface area contributed by atoms with Crippen LogP contribution in [0.5, 0.6) is 0 Å². The quantitative estimate of drug-likeness (QED) is 0.714. The number of nitrogens with one attached hydrogen (secondary N) is 1. The number of carbonyl (C=O) groups is 1. The maximum Gasteiger partial charge on any atom is 0.232 e. The summed E-state index contributed by atoms with van der Waals surface area (Å²) in [7, 11) is 0.414. The van der Waals surface area contributed by atoms with Gasteiger partial charge in [0.25, 0.3) is 0 Å². The lowest BCUT2D eigenvalue weighted by Crippen LogP contribution is -2.38. The van der Waals surface area contributed by atoms with Gasteiger partial charge in [0.05, 0.1) is 18.5 Å². The molecule has 1 amide bonds. The lowest BCUT2D eigenvalue weighted by Gasteiger charge is -2.23. The Morgan fingerprint density at radius 1 is 0.963 bits per heavy atom. The van der Waals surface area contributed by atoms with Gasteiger partial charge >= 0.3 is 0 Å². The van der Waals surface area contributed by atoms with Gasteiger partial charge < -0.3 is 10.2 Å². The zero-order valence-corrected chi connectivity index (χ0v) is 16.9. The maximum absolute atomic E-state index is 12.1. The molecule has 2 aromatic carbocycles. The van der Waals surface area contributed by atoms with E-state index < -0.39 is 10.0 Å². The fourth-order valence-corrected chi connectivity index (χ4v) is 3.62. The highest BCUT2D eigenvalue weighted by Crippen LogP contribution is 2.21. The predicted molar refractivity (Wildman–Crippen MR) is 111 cm³/mol. The molecule has 1 N–H and O–H groups in total. The van der Waals surface area contributed by atoms with Crippen molar-refractivity contribution in [3.05, 3.63) is 60.2 Å². The number of anilines is 2. The summed E-state index contributed by atoms with van der Waals surface area (Å²) in [6.07, 6.45) is 2.21. The van der Waals surface area contributed by atoms with Crippen molar-refractivity contribution in [2.24, 2.45) is 0 Å². The van der Waals surface area contributed by atoms with Gasteiger partial charge in [-0.05, 0) is 36.2 Å². The molecule has 0 aliphatic heterocycles. The van der Waals surface area contributed by atoms with Gasteiger partial charge in [-0.2, -0.15) is 0 Å². The van der Waals surface area contributed by atoms with E-state index in [9.17, 15) is 13.2 Å². The summed E-state index contributed by atoms with van der Waals surface area (Å²) in [5.41, 5.74) is 2.68. The van der Waals surface area contributed by atoms with Crippen LogP contribution in [0.25, 0.3) is 0 Å². The highest BCUT2D eigenvalue weighted by molar-refractivity contribution is 7.92. The molecule has 7 heteroatoms. The number of amides is 1. The van der Waals surface area contributed by atoms with Crippen LogP contribution in [0.3, 0.4) is 0 Å². The number of hydrogen-bond donors (Lipinski definition) is 1. The van der Waals surface area contributed by atoms with E-state index in [0.29, 0.717) is 18.5 Å². The van der Waals surface area contributed by atoms with Crippen LogP contribution in [-0.4, -0.2) is 47.8 Å². The van der Waals surface area contributed by atoms with E-state index in [1.807, 2.05) is 61.5 Å². The van der Waals surface area contributed by atoms with Crippen molar-refractivity contribution in [2.45, 2.75) is 12.8 Å². The van der Waals surface area contributed by atoms with Gasteiger partial charge in [0, 0.05) is 32.7 Å². The van der Waals surface area contributed by atoms with Gasteiger partial charge in [0.2, 0.25) is 15.9 Å². The Labute approximate surface area is 161 Å². The van der Waals surface area contributed by atoms with Crippen molar-refractivity contribution in [1.82, 2.24) is 5.32 Å². The summed E-state index contributed by atoms with van der Waals surface area (Å²) in [6.45, 7) is 0.452. The summed E-state index contributed by atoms with van der Waals surface area (Å²) in [4.78, 5) is 14.0. The molecule has 27 heavy (non-hydrogen) atoms. The van der Waals surface area contributed by atoms with Crippen LogP contribution in [0, 0.1) is 0 Å². The van der Waals surface area contributed by atoms with E-state index in [1.165, 1.54) is 10.6 Å². The molecule has 2 aromatic rings. The molecule has 0 radical (unpaired) electrons. The molecule has 0 heterocycles. The average Bonchev–Trinajstić information content (AvgIpc) is 2.63. The van der Waals surface area contributed by atoms with Crippen LogP contribution in [0.15, 0.2) is 54.6 Å². The Balaban J connectivity index is 1.90. The van der Waals surface area contributed by atoms with E-state index in [4.69, 9.17) is 0 Å². The van der Waals surface area contributed by atoms with Crippen molar-refractivity contribution in [1.29, 1.82) is 0 Å². The van der Waals surface area contributed by atoms with Gasteiger partial charge in [-0.1, -0.05) is 30.3 Å². The minimum Gasteiger partial charge on any atom is -0.378 e. The van der Waals surface area contributed by atoms with Crippen molar-refractivity contribution < 1.29 is 13.2 Å². The number of nitrogens with zero attached hydrogens (tertiary/aromatic N) is 2. The largest absolute Gasteiger partial charge is 0.378 e. The predicted octanol–water partition coefficient (Wildman–Crippen LogP) is 2.27. The Morgan fingerprint density at radius 3 is 2.11 bits per heavy atom. The molecule has 0 aliphatic rings. The molecule has 0 aliphatic carbocycles. The molecule has 0 saturated heterocycles. The number of aryl methyl sites for hydroxylation is 1. The molecule has 0 spiro atoms. The number of carbonyl (C=O) groups excluding carboxylic acids is 1. The monoisotopic (exact) mass is 389 g/mol. The second-order valence-electron chi connectivity index (χ2n) is 6.58. The fourth-order valence-electron chi connectivity index (χ4n) is 2.69. The molecular formula is C20H27N3O3S. The molecule has 0 aromatic heterocycles. The second-order valence-corrected chi connectivity index (χ2v) is 8.49. The van der Waals surface area contributed by atoms with Gasteiger partial charge in [0.15, 0.2) is 0 Å². The Kier molecular flexibility index (Phi) is 7.24. The van der Waals surface area contributed by atoms with Gasteiger partial charge in [-0.25, -0.2) is 8.42 Å². The number of benzene rings is 2. The van der Waals surface area contributed by atoms with Crippen LogP contribution in [0.2, 0.25) is 0 Å². The summed E-state index contributed by atoms with van der Waals surface area (Å²) in [5.74, 6) is -0.0877. The summed E-state index contributed by atoms with van der Waals surface area (Å²) < 4.78 is 25.6. The molecule has 0 bridgehead atoms. The number of rotatable bonds is 9. The maximum atomic E-state index is 12.1. The van der Waals surface area contributed by atoms with E-state index in [1.54, 1.807) is 12.1 Å². The van der Waals surface area contributed by atoms with Crippen molar-refractivity contribution in [3.63, 3.8) is 0 Å². The van der Waals surface area contributed by atoms with Crippen molar-refractivity contribution >= 4 is 27.3 Å².